The molecule has 1 saturated carbocycles. The molecule has 0 bridgehead atoms. The van der Waals surface area contributed by atoms with Crippen LogP contribution in [-0.4, -0.2) is 34.2 Å². The van der Waals surface area contributed by atoms with Gasteiger partial charge in [0.15, 0.2) is 0 Å². The molecule has 1 heterocycles. The summed E-state index contributed by atoms with van der Waals surface area (Å²) in [7, 11) is 1.54. The van der Waals surface area contributed by atoms with E-state index in [4.69, 9.17) is 4.74 Å². The summed E-state index contributed by atoms with van der Waals surface area (Å²) in [6, 6.07) is 10.2. The Morgan fingerprint density at radius 3 is 2.65 bits per heavy atom. The molecule has 1 aliphatic rings. The number of non-ortho nitro benzene ring substituents is 1. The maximum Gasteiger partial charge on any atom is 0.315 e. The second-order valence-corrected chi connectivity index (χ2v) is 7.44. The largest absolute Gasteiger partial charge is 0.505 e. The number of aromatic hydroxyl groups is 1. The summed E-state index contributed by atoms with van der Waals surface area (Å²) in [5.41, 5.74) is 0.721. The first-order valence-electron chi connectivity index (χ1n) is 9.94. The number of methoxy groups -OCH3 is 1. The first-order chi connectivity index (χ1) is 15.0. The lowest BCUT2D eigenvalue weighted by atomic mass is 9.93. The second-order valence-electron chi connectivity index (χ2n) is 7.44. The number of urea groups is 1. The Bertz CT molecular complexity index is 1130. The number of rotatable bonds is 6. The molecule has 4 rings (SSSR count). The SMILES string of the molecule is COc1ccc(C(NC(=O)NC2CCC2)c2cc([N+](=O)[O-])c3cccnc3c2O)cc1. The van der Waals surface area contributed by atoms with Crippen LogP contribution in [0.3, 0.4) is 0 Å². The first kappa shape index (κ1) is 20.4. The number of amides is 2. The van der Waals surface area contributed by atoms with Gasteiger partial charge in [-0.2, -0.15) is 0 Å². The zero-order chi connectivity index (χ0) is 22.0. The van der Waals surface area contributed by atoms with Crippen molar-refractivity contribution < 1.29 is 19.6 Å². The van der Waals surface area contributed by atoms with Crippen LogP contribution in [0.2, 0.25) is 0 Å². The second kappa shape index (κ2) is 8.47. The summed E-state index contributed by atoms with van der Waals surface area (Å²) in [4.78, 5) is 28.0. The summed E-state index contributed by atoms with van der Waals surface area (Å²) >= 11 is 0. The number of pyridine rings is 1. The minimum absolute atomic E-state index is 0.103. The van der Waals surface area contributed by atoms with Crippen LogP contribution < -0.4 is 15.4 Å². The van der Waals surface area contributed by atoms with Gasteiger partial charge >= 0.3 is 6.03 Å². The number of nitrogens with one attached hydrogen (secondary N) is 2. The molecule has 1 aliphatic carbocycles. The van der Waals surface area contributed by atoms with E-state index in [-0.39, 0.29) is 33.9 Å². The number of ether oxygens (including phenoxy) is 1. The molecule has 1 unspecified atom stereocenters. The number of benzene rings is 2. The molecule has 0 aliphatic heterocycles. The van der Waals surface area contributed by atoms with Crippen molar-refractivity contribution in [1.29, 1.82) is 0 Å². The van der Waals surface area contributed by atoms with E-state index in [2.05, 4.69) is 15.6 Å². The summed E-state index contributed by atoms with van der Waals surface area (Å²) < 4.78 is 5.19. The highest BCUT2D eigenvalue weighted by Crippen LogP contribution is 2.39. The van der Waals surface area contributed by atoms with Crippen LogP contribution in [0, 0.1) is 10.1 Å². The number of carbonyl (C=O) groups excluding carboxylic acids is 1. The van der Waals surface area contributed by atoms with E-state index in [1.807, 2.05) is 0 Å². The number of hydrogen-bond acceptors (Lipinski definition) is 6. The average Bonchev–Trinajstić information content (AvgIpc) is 2.75. The molecule has 1 aromatic heterocycles. The van der Waals surface area contributed by atoms with Gasteiger partial charge in [-0.25, -0.2) is 4.79 Å². The maximum absolute atomic E-state index is 12.6. The Morgan fingerprint density at radius 1 is 1.29 bits per heavy atom. The van der Waals surface area contributed by atoms with Crippen LogP contribution in [-0.2, 0) is 0 Å². The van der Waals surface area contributed by atoms with Crippen molar-refractivity contribution in [3.8, 4) is 11.5 Å². The number of carbonyl (C=O) groups is 1. The molecule has 160 valence electrons. The van der Waals surface area contributed by atoms with Crippen LogP contribution in [0.1, 0.15) is 36.4 Å². The summed E-state index contributed by atoms with van der Waals surface area (Å²) in [5.74, 6) is 0.405. The molecule has 3 aromatic rings. The van der Waals surface area contributed by atoms with Crippen molar-refractivity contribution in [1.82, 2.24) is 15.6 Å². The summed E-state index contributed by atoms with van der Waals surface area (Å²) in [6.07, 6.45) is 4.35. The number of nitro benzene ring substituents is 1. The van der Waals surface area contributed by atoms with Crippen molar-refractivity contribution in [2.45, 2.75) is 31.3 Å². The Balaban J connectivity index is 1.81. The Hall–Kier alpha value is -3.88. The standard InChI is InChI=1S/C22H22N4O5/c1-31-15-9-7-13(8-10-15)19(25-22(28)24-14-4-2-5-14)17-12-18(26(29)30)16-6-3-11-23-20(16)21(17)27/h3,6-12,14,19,27H,2,4-5H2,1H3,(H2,24,25,28). The molecule has 2 amide bonds. The Labute approximate surface area is 178 Å². The minimum atomic E-state index is -0.837. The van der Waals surface area contributed by atoms with Gasteiger partial charge < -0.3 is 20.5 Å². The molecule has 31 heavy (non-hydrogen) atoms. The van der Waals surface area contributed by atoms with Gasteiger partial charge in [-0.1, -0.05) is 12.1 Å². The molecule has 9 nitrogen and oxygen atoms in total. The highest BCUT2D eigenvalue weighted by molar-refractivity contribution is 5.93. The zero-order valence-corrected chi connectivity index (χ0v) is 16.9. The third-order valence-corrected chi connectivity index (χ3v) is 5.55. The fourth-order valence-corrected chi connectivity index (χ4v) is 3.65. The van der Waals surface area contributed by atoms with Gasteiger partial charge in [-0.15, -0.1) is 0 Å². The molecule has 0 spiro atoms. The molecule has 0 radical (unpaired) electrons. The van der Waals surface area contributed by atoms with Crippen molar-refractivity contribution in [3.63, 3.8) is 0 Å². The van der Waals surface area contributed by atoms with Gasteiger partial charge in [0, 0.05) is 23.9 Å². The molecular weight excluding hydrogens is 400 g/mol. The third-order valence-electron chi connectivity index (χ3n) is 5.55. The van der Waals surface area contributed by atoms with Crippen molar-refractivity contribution in [2.24, 2.45) is 0 Å². The minimum Gasteiger partial charge on any atom is -0.505 e. The fraction of sp³-hybridized carbons (Fsp3) is 0.273. The Kier molecular flexibility index (Phi) is 5.57. The predicted molar refractivity (Wildman–Crippen MR) is 114 cm³/mol. The fourth-order valence-electron chi connectivity index (χ4n) is 3.65. The van der Waals surface area contributed by atoms with E-state index in [9.17, 15) is 20.0 Å². The molecule has 0 saturated heterocycles. The van der Waals surface area contributed by atoms with Crippen LogP contribution in [0.5, 0.6) is 11.5 Å². The van der Waals surface area contributed by atoms with E-state index in [1.165, 1.54) is 18.3 Å². The van der Waals surface area contributed by atoms with E-state index in [0.29, 0.717) is 11.3 Å². The van der Waals surface area contributed by atoms with Crippen molar-refractivity contribution in [3.05, 3.63) is 69.9 Å². The van der Waals surface area contributed by atoms with E-state index >= 15 is 0 Å². The number of phenolic OH excluding ortho intramolecular Hbond substituents is 1. The number of aromatic nitrogens is 1. The normalized spacial score (nSPS) is 14.5. The summed E-state index contributed by atoms with van der Waals surface area (Å²) in [5, 5.41) is 28.7. The van der Waals surface area contributed by atoms with Gasteiger partial charge in [0.1, 0.15) is 17.0 Å². The maximum atomic E-state index is 12.6. The van der Waals surface area contributed by atoms with E-state index in [1.54, 1.807) is 37.4 Å². The van der Waals surface area contributed by atoms with Gasteiger partial charge in [0.05, 0.1) is 23.5 Å². The zero-order valence-electron chi connectivity index (χ0n) is 16.9. The molecule has 3 N–H and O–H groups in total. The van der Waals surface area contributed by atoms with E-state index in [0.717, 1.165) is 19.3 Å². The number of nitro groups is 1. The monoisotopic (exact) mass is 422 g/mol. The van der Waals surface area contributed by atoms with E-state index < -0.39 is 17.0 Å². The molecule has 2 aromatic carbocycles. The molecular formula is C22H22N4O5. The lowest BCUT2D eigenvalue weighted by Crippen LogP contribution is -2.46. The lowest BCUT2D eigenvalue weighted by Gasteiger charge is -2.28. The quantitative estimate of drug-likeness (QED) is 0.410. The lowest BCUT2D eigenvalue weighted by molar-refractivity contribution is -0.383. The molecule has 1 fully saturated rings. The molecule has 1 atom stereocenters. The number of hydrogen-bond donors (Lipinski definition) is 3. The average molecular weight is 422 g/mol. The number of fused-ring (bicyclic) bond motifs is 1. The number of phenols is 1. The van der Waals surface area contributed by atoms with Gasteiger partial charge in [-0.3, -0.25) is 15.1 Å². The van der Waals surface area contributed by atoms with Crippen LogP contribution in [0.15, 0.2) is 48.7 Å². The summed E-state index contributed by atoms with van der Waals surface area (Å²) in [6.45, 7) is 0. The van der Waals surface area contributed by atoms with Gasteiger partial charge in [0.2, 0.25) is 0 Å². The number of nitrogens with zero attached hydrogens (tertiary/aromatic N) is 2. The molecule has 9 heteroatoms. The van der Waals surface area contributed by atoms with Crippen LogP contribution >= 0.6 is 0 Å². The highest BCUT2D eigenvalue weighted by Gasteiger charge is 2.28. The van der Waals surface area contributed by atoms with Crippen molar-refractivity contribution in [2.75, 3.05) is 7.11 Å². The topological polar surface area (TPSA) is 127 Å². The first-order valence-corrected chi connectivity index (χ1v) is 9.94. The van der Waals surface area contributed by atoms with Crippen molar-refractivity contribution >= 4 is 22.6 Å². The predicted octanol–water partition coefficient (Wildman–Crippen LogP) is 3.80. The van der Waals surface area contributed by atoms with Gasteiger partial charge in [0.25, 0.3) is 5.69 Å². The van der Waals surface area contributed by atoms with Crippen LogP contribution in [0.4, 0.5) is 10.5 Å². The smallest absolute Gasteiger partial charge is 0.315 e. The third kappa shape index (κ3) is 4.07. The van der Waals surface area contributed by atoms with Crippen LogP contribution in [0.25, 0.3) is 10.9 Å². The Morgan fingerprint density at radius 2 is 2.03 bits per heavy atom. The van der Waals surface area contributed by atoms with Gasteiger partial charge in [-0.05, 0) is 49.1 Å². The highest BCUT2D eigenvalue weighted by atomic mass is 16.6.